The van der Waals surface area contributed by atoms with Crippen molar-refractivity contribution in [2.45, 2.75) is 26.8 Å². The Hall–Kier alpha value is -3.67. The van der Waals surface area contributed by atoms with Gasteiger partial charge in [0.15, 0.2) is 0 Å². The van der Waals surface area contributed by atoms with Gasteiger partial charge in [-0.1, -0.05) is 18.2 Å². The monoisotopic (exact) mass is 400 g/mol. The molecule has 0 radical (unpaired) electrons. The van der Waals surface area contributed by atoms with Crippen molar-refractivity contribution in [2.24, 2.45) is 5.10 Å². The second kappa shape index (κ2) is 8.37. The van der Waals surface area contributed by atoms with Crippen LogP contribution in [0, 0.1) is 13.8 Å². The summed E-state index contributed by atoms with van der Waals surface area (Å²) in [6.45, 7) is 4.81. The molecule has 4 aromatic rings. The van der Waals surface area contributed by atoms with E-state index in [4.69, 9.17) is 4.74 Å². The summed E-state index contributed by atoms with van der Waals surface area (Å²) in [5, 5.41) is 6.32. The van der Waals surface area contributed by atoms with E-state index in [9.17, 15) is 4.79 Å². The number of hydrogen-bond donors (Lipinski definition) is 1. The molecular formula is C24H24N4O2. The van der Waals surface area contributed by atoms with Gasteiger partial charge < -0.3 is 9.30 Å². The van der Waals surface area contributed by atoms with E-state index < -0.39 is 0 Å². The van der Waals surface area contributed by atoms with Gasteiger partial charge in [0.1, 0.15) is 11.3 Å². The molecule has 1 amide bonds. The predicted molar refractivity (Wildman–Crippen MR) is 120 cm³/mol. The van der Waals surface area contributed by atoms with E-state index in [1.807, 2.05) is 30.3 Å². The van der Waals surface area contributed by atoms with Crippen LogP contribution in [0.15, 0.2) is 60.0 Å². The second-order valence-corrected chi connectivity index (χ2v) is 7.32. The first kappa shape index (κ1) is 19.6. The number of fused-ring (bicyclic) bond motifs is 2. The molecule has 2 aromatic carbocycles. The van der Waals surface area contributed by atoms with Gasteiger partial charge in [-0.15, -0.1) is 0 Å². The minimum Gasteiger partial charge on any atom is -0.494 e. The third-order valence-corrected chi connectivity index (χ3v) is 5.20. The normalized spacial score (nSPS) is 11.4. The Morgan fingerprint density at radius 2 is 2.07 bits per heavy atom. The first-order valence-corrected chi connectivity index (χ1v) is 9.86. The molecule has 0 atom stereocenters. The maximum absolute atomic E-state index is 12.3. The van der Waals surface area contributed by atoms with Gasteiger partial charge in [-0.2, -0.15) is 5.10 Å². The zero-order valence-corrected chi connectivity index (χ0v) is 17.3. The van der Waals surface area contributed by atoms with E-state index in [-0.39, 0.29) is 5.91 Å². The lowest BCUT2D eigenvalue weighted by atomic mass is 10.1. The minimum absolute atomic E-state index is 0.132. The summed E-state index contributed by atoms with van der Waals surface area (Å²) in [6, 6.07) is 13.9. The molecule has 0 spiro atoms. The van der Waals surface area contributed by atoms with Crippen molar-refractivity contribution in [3.63, 3.8) is 0 Å². The molecule has 152 valence electrons. The maximum atomic E-state index is 12.3. The molecule has 6 heteroatoms. The number of carbonyl (C=O) groups is 1. The Morgan fingerprint density at radius 3 is 2.90 bits per heavy atom. The lowest BCUT2D eigenvalue weighted by Crippen LogP contribution is -2.19. The van der Waals surface area contributed by atoms with E-state index in [1.165, 1.54) is 16.5 Å². The Kier molecular flexibility index (Phi) is 5.48. The highest BCUT2D eigenvalue weighted by molar-refractivity contribution is 5.93. The van der Waals surface area contributed by atoms with Crippen LogP contribution in [-0.2, 0) is 11.3 Å². The molecule has 0 aliphatic heterocycles. The van der Waals surface area contributed by atoms with Crippen LogP contribution in [0.2, 0.25) is 0 Å². The molecule has 4 rings (SSSR count). The fraction of sp³-hybridized carbons (Fsp3) is 0.208. The van der Waals surface area contributed by atoms with Gasteiger partial charge in [-0.05, 0) is 54.8 Å². The van der Waals surface area contributed by atoms with Crippen molar-refractivity contribution >= 4 is 33.9 Å². The zero-order valence-electron chi connectivity index (χ0n) is 17.3. The topological polar surface area (TPSA) is 68.5 Å². The molecule has 0 aliphatic carbocycles. The van der Waals surface area contributed by atoms with Crippen LogP contribution in [0.25, 0.3) is 21.8 Å². The van der Waals surface area contributed by atoms with Gasteiger partial charge in [-0.25, -0.2) is 5.43 Å². The molecule has 2 heterocycles. The van der Waals surface area contributed by atoms with Crippen LogP contribution in [0.1, 0.15) is 23.1 Å². The van der Waals surface area contributed by atoms with E-state index in [0.29, 0.717) is 18.7 Å². The highest BCUT2D eigenvalue weighted by atomic mass is 16.5. The predicted octanol–water partition coefficient (Wildman–Crippen LogP) is 4.36. The Bertz CT molecular complexity index is 1260. The number of hydrazone groups is 1. The molecular weight excluding hydrogens is 376 g/mol. The van der Waals surface area contributed by atoms with Crippen molar-refractivity contribution in [2.75, 3.05) is 7.11 Å². The van der Waals surface area contributed by atoms with E-state index >= 15 is 0 Å². The summed E-state index contributed by atoms with van der Waals surface area (Å²) in [5.74, 6) is 0.541. The van der Waals surface area contributed by atoms with Crippen LogP contribution in [-0.4, -0.2) is 28.8 Å². The number of nitrogens with one attached hydrogen (secondary N) is 1. The number of pyridine rings is 1. The molecule has 0 unspecified atom stereocenters. The molecule has 6 nitrogen and oxygen atoms in total. The quantitative estimate of drug-likeness (QED) is 0.386. The van der Waals surface area contributed by atoms with Crippen molar-refractivity contribution in [1.82, 2.24) is 15.0 Å². The third-order valence-electron chi connectivity index (χ3n) is 5.20. The summed E-state index contributed by atoms with van der Waals surface area (Å²) < 4.78 is 7.54. The van der Waals surface area contributed by atoms with Gasteiger partial charge in [0.05, 0.1) is 13.3 Å². The number of nitrogens with zero attached hydrogens (tertiary/aromatic N) is 3. The Balaban J connectivity index is 1.41. The molecule has 0 saturated carbocycles. The SMILES string of the molecule is COc1cc(C=NNC(=O)CCn2cc(C)c3c(C)cccc32)cc2cccnc12. The van der Waals surface area contributed by atoms with Crippen LogP contribution in [0.5, 0.6) is 5.75 Å². The van der Waals surface area contributed by atoms with Gasteiger partial charge in [0, 0.05) is 41.6 Å². The third kappa shape index (κ3) is 3.89. The van der Waals surface area contributed by atoms with E-state index in [2.05, 4.69) is 52.3 Å². The fourth-order valence-corrected chi connectivity index (χ4v) is 3.83. The lowest BCUT2D eigenvalue weighted by Gasteiger charge is -2.06. The van der Waals surface area contributed by atoms with E-state index in [0.717, 1.165) is 22.0 Å². The fourth-order valence-electron chi connectivity index (χ4n) is 3.83. The molecule has 2 aromatic heterocycles. The molecule has 0 aliphatic rings. The molecule has 1 N–H and O–H groups in total. The smallest absolute Gasteiger partial charge is 0.241 e. The number of aryl methyl sites for hydroxylation is 3. The number of ether oxygens (including phenoxy) is 1. The molecule has 0 bridgehead atoms. The maximum Gasteiger partial charge on any atom is 0.241 e. The number of benzene rings is 2. The lowest BCUT2D eigenvalue weighted by molar-refractivity contribution is -0.121. The molecule has 30 heavy (non-hydrogen) atoms. The zero-order chi connectivity index (χ0) is 21.1. The Labute approximate surface area is 175 Å². The van der Waals surface area contributed by atoms with Crippen LogP contribution in [0.4, 0.5) is 0 Å². The van der Waals surface area contributed by atoms with Crippen LogP contribution >= 0.6 is 0 Å². The van der Waals surface area contributed by atoms with Crippen molar-refractivity contribution in [3.8, 4) is 5.75 Å². The minimum atomic E-state index is -0.132. The number of methoxy groups -OCH3 is 1. The average Bonchev–Trinajstić information content (AvgIpc) is 3.08. The summed E-state index contributed by atoms with van der Waals surface area (Å²) >= 11 is 0. The first-order valence-electron chi connectivity index (χ1n) is 9.86. The largest absolute Gasteiger partial charge is 0.494 e. The highest BCUT2D eigenvalue weighted by Crippen LogP contribution is 2.25. The van der Waals surface area contributed by atoms with Crippen molar-refractivity contribution < 1.29 is 9.53 Å². The number of amides is 1. The standard InChI is InChI=1S/C24H24N4O2/c1-16-6-4-8-20-23(16)17(2)15-28(20)11-9-22(29)27-26-14-18-12-19-7-5-10-25-24(19)21(13-18)30-3/h4-8,10,12-15H,9,11H2,1-3H3,(H,27,29). The van der Waals surface area contributed by atoms with Gasteiger partial charge in [0.2, 0.25) is 5.91 Å². The van der Waals surface area contributed by atoms with Gasteiger partial charge in [-0.3, -0.25) is 9.78 Å². The highest BCUT2D eigenvalue weighted by Gasteiger charge is 2.09. The average molecular weight is 400 g/mol. The summed E-state index contributed by atoms with van der Waals surface area (Å²) in [4.78, 5) is 16.6. The first-order chi connectivity index (χ1) is 14.6. The summed E-state index contributed by atoms with van der Waals surface area (Å²) in [6.07, 6.45) is 5.80. The molecule has 0 saturated heterocycles. The van der Waals surface area contributed by atoms with Gasteiger partial charge in [0.25, 0.3) is 0 Å². The van der Waals surface area contributed by atoms with Crippen LogP contribution < -0.4 is 10.2 Å². The number of aromatic nitrogens is 2. The molecule has 0 fully saturated rings. The Morgan fingerprint density at radius 1 is 1.20 bits per heavy atom. The van der Waals surface area contributed by atoms with Gasteiger partial charge >= 0.3 is 0 Å². The summed E-state index contributed by atoms with van der Waals surface area (Å²) in [5.41, 5.74) is 7.87. The number of carbonyl (C=O) groups excluding carboxylic acids is 1. The number of hydrogen-bond acceptors (Lipinski definition) is 4. The second-order valence-electron chi connectivity index (χ2n) is 7.32. The van der Waals surface area contributed by atoms with Crippen LogP contribution in [0.3, 0.4) is 0 Å². The van der Waals surface area contributed by atoms with E-state index in [1.54, 1.807) is 19.5 Å². The van der Waals surface area contributed by atoms with Crippen molar-refractivity contribution in [3.05, 3.63) is 71.5 Å². The van der Waals surface area contributed by atoms with Crippen molar-refractivity contribution in [1.29, 1.82) is 0 Å². The summed E-state index contributed by atoms with van der Waals surface area (Å²) in [7, 11) is 1.61. The number of rotatable bonds is 6.